The Bertz CT molecular complexity index is 376. The van der Waals surface area contributed by atoms with E-state index in [1.54, 1.807) is 11.8 Å². The van der Waals surface area contributed by atoms with Gasteiger partial charge in [0.05, 0.1) is 0 Å². The minimum absolute atomic E-state index is 0.488. The molecule has 16 heavy (non-hydrogen) atoms. The van der Waals surface area contributed by atoms with E-state index in [-0.39, 0.29) is 0 Å². The lowest BCUT2D eigenvalue weighted by Gasteiger charge is -2.00. The monoisotopic (exact) mass is 234 g/mol. The van der Waals surface area contributed by atoms with Gasteiger partial charge in [-0.25, -0.2) is 0 Å². The summed E-state index contributed by atoms with van der Waals surface area (Å²) in [6.45, 7) is 2.11. The summed E-state index contributed by atoms with van der Waals surface area (Å²) in [5.74, 6) is 5.90. The first kappa shape index (κ1) is 13.2. The lowest BCUT2D eigenvalue weighted by molar-refractivity contribution is 0.218. The first-order valence-corrected chi connectivity index (χ1v) is 6.82. The maximum absolute atomic E-state index is 9.59. The van der Waals surface area contributed by atoms with E-state index in [1.165, 1.54) is 4.90 Å². The molecular weight excluding hydrogens is 216 g/mol. The Morgan fingerprint density at radius 1 is 1.44 bits per heavy atom. The molecule has 1 atom stereocenters. The number of rotatable bonds is 4. The van der Waals surface area contributed by atoms with Crippen molar-refractivity contribution in [3.05, 3.63) is 29.8 Å². The van der Waals surface area contributed by atoms with Gasteiger partial charge in [-0.05, 0) is 30.9 Å². The van der Waals surface area contributed by atoms with E-state index in [1.807, 2.05) is 24.5 Å². The Labute approximate surface area is 102 Å². The third kappa shape index (κ3) is 4.74. The largest absolute Gasteiger partial charge is 0.380 e. The molecule has 86 valence electrons. The number of hydrogen-bond acceptors (Lipinski definition) is 2. The number of benzene rings is 1. The molecule has 1 nitrogen and oxygen atoms in total. The average molecular weight is 234 g/mol. The lowest BCUT2D eigenvalue weighted by Crippen LogP contribution is -2.01. The Morgan fingerprint density at radius 3 is 2.94 bits per heavy atom. The van der Waals surface area contributed by atoms with Crippen LogP contribution in [0.3, 0.4) is 0 Å². The molecule has 1 rings (SSSR count). The average Bonchev–Trinajstić information content (AvgIpc) is 2.34. The maximum Gasteiger partial charge on any atom is 0.115 e. The van der Waals surface area contributed by atoms with E-state index < -0.39 is 6.10 Å². The summed E-state index contributed by atoms with van der Waals surface area (Å²) >= 11 is 1.70. The molecule has 0 heterocycles. The fourth-order valence-corrected chi connectivity index (χ4v) is 1.80. The Kier molecular flexibility index (Phi) is 6.07. The second-order valence-corrected chi connectivity index (χ2v) is 4.54. The number of hydrogen-bond donors (Lipinski definition) is 1. The third-order valence-electron chi connectivity index (χ3n) is 2.28. The van der Waals surface area contributed by atoms with Crippen LogP contribution >= 0.6 is 11.8 Å². The molecule has 0 aliphatic rings. The van der Waals surface area contributed by atoms with Gasteiger partial charge >= 0.3 is 0 Å². The van der Waals surface area contributed by atoms with E-state index in [0.717, 1.165) is 24.8 Å². The molecule has 2 heteroatoms. The van der Waals surface area contributed by atoms with Crippen molar-refractivity contribution >= 4 is 11.8 Å². The topological polar surface area (TPSA) is 20.2 Å². The second-order valence-electron chi connectivity index (χ2n) is 3.66. The lowest BCUT2D eigenvalue weighted by atomic mass is 10.1. The zero-order chi connectivity index (χ0) is 11.8. The van der Waals surface area contributed by atoms with Gasteiger partial charge in [0.2, 0.25) is 0 Å². The molecule has 0 bridgehead atoms. The molecule has 0 amide bonds. The Hall–Kier alpha value is -0.910. The molecule has 0 aliphatic heterocycles. The van der Waals surface area contributed by atoms with Crippen LogP contribution in [-0.4, -0.2) is 17.5 Å². The standard InChI is InChI=1S/C14H18OS/c1-3-4-7-13(15)10-9-12-6-5-8-14(11-12)16-2/h5-6,8,11,13,15H,3-4,7H2,1-2H3. The van der Waals surface area contributed by atoms with Crippen LogP contribution in [-0.2, 0) is 0 Å². The van der Waals surface area contributed by atoms with Crippen molar-refractivity contribution in [1.29, 1.82) is 0 Å². The molecule has 0 aliphatic carbocycles. The SMILES string of the molecule is CCCCC(O)C#Cc1cccc(SC)c1. The minimum Gasteiger partial charge on any atom is -0.380 e. The zero-order valence-electron chi connectivity index (χ0n) is 9.86. The van der Waals surface area contributed by atoms with Gasteiger partial charge < -0.3 is 5.11 Å². The number of unbranched alkanes of at least 4 members (excludes halogenated alkanes) is 1. The Balaban J connectivity index is 2.61. The van der Waals surface area contributed by atoms with E-state index >= 15 is 0 Å². The van der Waals surface area contributed by atoms with Crippen LogP contribution in [0, 0.1) is 11.8 Å². The summed E-state index contributed by atoms with van der Waals surface area (Å²) < 4.78 is 0. The number of thioether (sulfide) groups is 1. The zero-order valence-corrected chi connectivity index (χ0v) is 10.7. The van der Waals surface area contributed by atoms with Gasteiger partial charge in [0, 0.05) is 10.5 Å². The van der Waals surface area contributed by atoms with Crippen molar-refractivity contribution < 1.29 is 5.11 Å². The highest BCUT2D eigenvalue weighted by molar-refractivity contribution is 7.98. The second kappa shape index (κ2) is 7.38. The molecule has 1 aromatic carbocycles. The van der Waals surface area contributed by atoms with Crippen molar-refractivity contribution in [2.24, 2.45) is 0 Å². The van der Waals surface area contributed by atoms with Crippen LogP contribution in [0.1, 0.15) is 31.7 Å². The molecule has 1 N–H and O–H groups in total. The molecule has 0 aromatic heterocycles. The van der Waals surface area contributed by atoms with Crippen LogP contribution in [0.25, 0.3) is 0 Å². The van der Waals surface area contributed by atoms with Gasteiger partial charge in [-0.2, -0.15) is 0 Å². The highest BCUT2D eigenvalue weighted by atomic mass is 32.2. The van der Waals surface area contributed by atoms with Crippen molar-refractivity contribution in [3.8, 4) is 11.8 Å². The van der Waals surface area contributed by atoms with Crippen molar-refractivity contribution in [2.45, 2.75) is 37.2 Å². The van der Waals surface area contributed by atoms with Gasteiger partial charge in [0.25, 0.3) is 0 Å². The van der Waals surface area contributed by atoms with Gasteiger partial charge in [-0.1, -0.05) is 37.7 Å². The first-order chi connectivity index (χ1) is 7.76. The maximum atomic E-state index is 9.59. The van der Waals surface area contributed by atoms with Crippen LogP contribution in [0.2, 0.25) is 0 Å². The fraction of sp³-hybridized carbons (Fsp3) is 0.429. The summed E-state index contributed by atoms with van der Waals surface area (Å²) in [4.78, 5) is 1.20. The van der Waals surface area contributed by atoms with Gasteiger partial charge in [-0.15, -0.1) is 11.8 Å². The summed E-state index contributed by atoms with van der Waals surface area (Å²) in [5, 5.41) is 9.59. The predicted molar refractivity (Wildman–Crippen MR) is 70.6 cm³/mol. The smallest absolute Gasteiger partial charge is 0.115 e. The van der Waals surface area contributed by atoms with E-state index in [4.69, 9.17) is 0 Å². The number of aliphatic hydroxyl groups is 1. The Morgan fingerprint density at radius 2 is 2.25 bits per heavy atom. The van der Waals surface area contributed by atoms with E-state index in [2.05, 4.69) is 24.8 Å². The number of aliphatic hydroxyl groups excluding tert-OH is 1. The van der Waals surface area contributed by atoms with Gasteiger partial charge in [-0.3, -0.25) is 0 Å². The highest BCUT2D eigenvalue weighted by Gasteiger charge is 1.97. The molecule has 0 radical (unpaired) electrons. The summed E-state index contributed by atoms with van der Waals surface area (Å²) in [6, 6.07) is 8.07. The van der Waals surface area contributed by atoms with Crippen LogP contribution in [0.5, 0.6) is 0 Å². The van der Waals surface area contributed by atoms with Crippen LogP contribution in [0.4, 0.5) is 0 Å². The quantitative estimate of drug-likeness (QED) is 0.637. The van der Waals surface area contributed by atoms with Gasteiger partial charge in [0.15, 0.2) is 0 Å². The summed E-state index contributed by atoms with van der Waals surface area (Å²) in [7, 11) is 0. The van der Waals surface area contributed by atoms with E-state index in [9.17, 15) is 5.11 Å². The van der Waals surface area contributed by atoms with E-state index in [0.29, 0.717) is 0 Å². The van der Waals surface area contributed by atoms with Crippen molar-refractivity contribution in [3.63, 3.8) is 0 Å². The first-order valence-electron chi connectivity index (χ1n) is 5.60. The highest BCUT2D eigenvalue weighted by Crippen LogP contribution is 2.15. The van der Waals surface area contributed by atoms with Crippen LogP contribution < -0.4 is 0 Å². The fourth-order valence-electron chi connectivity index (χ4n) is 1.34. The predicted octanol–water partition coefficient (Wildman–Crippen LogP) is 3.31. The van der Waals surface area contributed by atoms with Gasteiger partial charge in [0.1, 0.15) is 6.10 Å². The minimum atomic E-state index is -0.488. The summed E-state index contributed by atoms with van der Waals surface area (Å²) in [5.41, 5.74) is 0.974. The molecule has 1 unspecified atom stereocenters. The van der Waals surface area contributed by atoms with Crippen molar-refractivity contribution in [2.75, 3.05) is 6.26 Å². The molecule has 0 saturated heterocycles. The third-order valence-corrected chi connectivity index (χ3v) is 3.01. The molecular formula is C14H18OS. The van der Waals surface area contributed by atoms with Crippen LogP contribution in [0.15, 0.2) is 29.2 Å². The molecule has 0 spiro atoms. The molecule has 0 saturated carbocycles. The summed E-state index contributed by atoms with van der Waals surface area (Å²) in [6.07, 6.45) is 4.45. The van der Waals surface area contributed by atoms with Crippen molar-refractivity contribution in [1.82, 2.24) is 0 Å². The normalized spacial score (nSPS) is 11.7. The molecule has 1 aromatic rings. The molecule has 0 fully saturated rings.